The van der Waals surface area contributed by atoms with Crippen molar-refractivity contribution in [3.05, 3.63) is 42.5 Å². The second-order valence-corrected chi connectivity index (χ2v) is 10.0. The fraction of sp³-hybridized carbons (Fsp3) is 0.364. The lowest BCUT2D eigenvalue weighted by Gasteiger charge is -2.22. The van der Waals surface area contributed by atoms with Crippen LogP contribution in [-0.4, -0.2) is 52.3 Å². The van der Waals surface area contributed by atoms with Crippen LogP contribution in [0.5, 0.6) is 11.5 Å². The molecule has 32 heavy (non-hydrogen) atoms. The number of anilines is 3. The number of nitrogens with one attached hydrogen (secondary N) is 1. The van der Waals surface area contributed by atoms with Gasteiger partial charge in [-0.2, -0.15) is 0 Å². The molecule has 2 aromatic rings. The Labute approximate surface area is 186 Å². The lowest BCUT2D eigenvalue weighted by molar-refractivity contribution is -0.122. The molecule has 5 rings (SSSR count). The summed E-state index contributed by atoms with van der Waals surface area (Å²) >= 11 is 0. The number of nitrogens with zero attached hydrogens (tertiary/aromatic N) is 2. The molecule has 3 heterocycles. The summed E-state index contributed by atoms with van der Waals surface area (Å²) in [6.45, 7) is 1.69. The molecule has 2 aromatic carbocycles. The number of ether oxygens (including phenoxy) is 2. The van der Waals surface area contributed by atoms with Gasteiger partial charge in [0.25, 0.3) is 0 Å². The summed E-state index contributed by atoms with van der Waals surface area (Å²) in [6, 6.07) is 12.0. The normalized spacial score (nSPS) is 21.6. The molecule has 0 aromatic heterocycles. The van der Waals surface area contributed by atoms with Crippen LogP contribution in [0.4, 0.5) is 17.1 Å². The van der Waals surface area contributed by atoms with Crippen LogP contribution < -0.4 is 24.0 Å². The van der Waals surface area contributed by atoms with Gasteiger partial charge in [0.15, 0.2) is 11.5 Å². The van der Waals surface area contributed by atoms with Gasteiger partial charge in [0, 0.05) is 37.0 Å². The summed E-state index contributed by atoms with van der Waals surface area (Å²) in [5.74, 6) is 0.521. The van der Waals surface area contributed by atoms with Gasteiger partial charge in [-0.3, -0.25) is 13.9 Å². The molecule has 0 saturated carbocycles. The van der Waals surface area contributed by atoms with Gasteiger partial charge in [-0.15, -0.1) is 0 Å². The summed E-state index contributed by atoms with van der Waals surface area (Å²) in [7, 11) is -3.25. The van der Waals surface area contributed by atoms with E-state index in [9.17, 15) is 18.0 Å². The van der Waals surface area contributed by atoms with Gasteiger partial charge in [0.1, 0.15) is 13.2 Å². The molecule has 1 atom stereocenters. The number of rotatable bonds is 4. The van der Waals surface area contributed by atoms with Gasteiger partial charge < -0.3 is 19.7 Å². The minimum Gasteiger partial charge on any atom is -0.486 e. The molecule has 1 unspecified atom stereocenters. The smallest absolute Gasteiger partial charge is 0.235 e. The number of benzene rings is 2. The van der Waals surface area contributed by atoms with Crippen molar-refractivity contribution in [1.29, 1.82) is 0 Å². The molecule has 3 aliphatic heterocycles. The van der Waals surface area contributed by atoms with E-state index in [1.165, 1.54) is 4.31 Å². The van der Waals surface area contributed by atoms with Crippen LogP contribution in [0.25, 0.3) is 0 Å². The van der Waals surface area contributed by atoms with Crippen LogP contribution >= 0.6 is 0 Å². The molecular weight excluding hydrogens is 434 g/mol. The highest BCUT2D eigenvalue weighted by atomic mass is 32.2. The summed E-state index contributed by atoms with van der Waals surface area (Å²) in [4.78, 5) is 26.9. The Kier molecular flexibility index (Phi) is 5.16. The Morgan fingerprint density at radius 2 is 1.72 bits per heavy atom. The Bertz CT molecular complexity index is 1160. The Morgan fingerprint density at radius 3 is 2.44 bits per heavy atom. The zero-order valence-electron chi connectivity index (χ0n) is 17.3. The molecule has 1 N–H and O–H groups in total. The highest BCUT2D eigenvalue weighted by Crippen LogP contribution is 2.36. The van der Waals surface area contributed by atoms with Crippen molar-refractivity contribution in [3.8, 4) is 11.5 Å². The maximum Gasteiger partial charge on any atom is 0.235 e. The first kappa shape index (κ1) is 20.6. The first-order valence-electron chi connectivity index (χ1n) is 10.5. The van der Waals surface area contributed by atoms with Gasteiger partial charge in [-0.25, -0.2) is 8.42 Å². The predicted molar refractivity (Wildman–Crippen MR) is 119 cm³/mol. The third-order valence-corrected chi connectivity index (χ3v) is 7.72. The SMILES string of the molecule is O=C(Nc1ccc(N2CCCS2(=O)=O)cc1)C1CC(=O)N(c2ccc3c(c2)OCCO3)C1. The van der Waals surface area contributed by atoms with Crippen molar-refractivity contribution in [2.75, 3.05) is 46.6 Å². The maximum atomic E-state index is 12.8. The molecule has 2 amide bonds. The molecule has 3 aliphatic rings. The van der Waals surface area contributed by atoms with E-state index >= 15 is 0 Å². The molecule has 9 nitrogen and oxygen atoms in total. The molecule has 0 bridgehead atoms. The second kappa shape index (κ2) is 8.01. The summed E-state index contributed by atoms with van der Waals surface area (Å²) in [5, 5.41) is 2.83. The monoisotopic (exact) mass is 457 g/mol. The first-order chi connectivity index (χ1) is 15.4. The van der Waals surface area contributed by atoms with Crippen molar-refractivity contribution < 1.29 is 27.5 Å². The maximum absolute atomic E-state index is 12.8. The number of hydrogen-bond donors (Lipinski definition) is 1. The molecule has 0 spiro atoms. The fourth-order valence-corrected chi connectivity index (χ4v) is 5.78. The lowest BCUT2D eigenvalue weighted by Crippen LogP contribution is -2.28. The molecule has 0 aliphatic carbocycles. The topological polar surface area (TPSA) is 105 Å². The fourth-order valence-electron chi connectivity index (χ4n) is 4.22. The average Bonchev–Trinajstić information content (AvgIpc) is 3.35. The molecule has 10 heteroatoms. The van der Waals surface area contributed by atoms with Crippen molar-refractivity contribution in [3.63, 3.8) is 0 Å². The van der Waals surface area contributed by atoms with Crippen molar-refractivity contribution >= 4 is 38.9 Å². The number of hydrogen-bond acceptors (Lipinski definition) is 6. The molecule has 0 radical (unpaired) electrons. The Hall–Kier alpha value is -3.27. The van der Waals surface area contributed by atoms with Crippen molar-refractivity contribution in [1.82, 2.24) is 0 Å². The standard InChI is InChI=1S/C22H23N3O6S/c26-21-12-15(14-24(21)18-6-7-19-20(13-18)31-10-9-30-19)22(27)23-16-2-4-17(5-3-16)25-8-1-11-32(25,28)29/h2-7,13,15H,1,8-12,14H2,(H,23,27). The van der Waals surface area contributed by atoms with E-state index in [0.29, 0.717) is 54.7 Å². The van der Waals surface area contributed by atoms with E-state index in [1.54, 1.807) is 47.4 Å². The molecule has 2 saturated heterocycles. The number of carbonyl (C=O) groups excluding carboxylic acids is 2. The summed E-state index contributed by atoms with van der Waals surface area (Å²) < 4.78 is 36.6. The second-order valence-electron chi connectivity index (χ2n) is 8.01. The third kappa shape index (κ3) is 3.86. The first-order valence-corrected chi connectivity index (χ1v) is 12.1. The molecule has 168 valence electrons. The van der Waals surface area contributed by atoms with Crippen molar-refractivity contribution in [2.24, 2.45) is 5.92 Å². The van der Waals surface area contributed by atoms with E-state index in [4.69, 9.17) is 9.47 Å². The largest absolute Gasteiger partial charge is 0.486 e. The van der Waals surface area contributed by atoms with Gasteiger partial charge in [0.2, 0.25) is 21.8 Å². The molecule has 2 fully saturated rings. The van der Waals surface area contributed by atoms with Gasteiger partial charge in [-0.1, -0.05) is 0 Å². The van der Waals surface area contributed by atoms with E-state index in [1.807, 2.05) is 0 Å². The van der Waals surface area contributed by atoms with E-state index in [-0.39, 0.29) is 30.5 Å². The minimum atomic E-state index is -3.25. The number of fused-ring (bicyclic) bond motifs is 1. The number of amides is 2. The summed E-state index contributed by atoms with van der Waals surface area (Å²) in [5.41, 5.74) is 1.81. The number of carbonyl (C=O) groups is 2. The van der Waals surface area contributed by atoms with Crippen molar-refractivity contribution in [2.45, 2.75) is 12.8 Å². The van der Waals surface area contributed by atoms with E-state index in [2.05, 4.69) is 5.32 Å². The van der Waals surface area contributed by atoms with Crippen LogP contribution in [0, 0.1) is 5.92 Å². The Morgan fingerprint density at radius 1 is 1.00 bits per heavy atom. The van der Waals surface area contributed by atoms with Crippen LogP contribution in [-0.2, 0) is 19.6 Å². The Balaban J connectivity index is 1.24. The third-order valence-electron chi connectivity index (χ3n) is 5.86. The zero-order chi connectivity index (χ0) is 22.3. The highest BCUT2D eigenvalue weighted by molar-refractivity contribution is 7.93. The molecular formula is C22H23N3O6S. The van der Waals surface area contributed by atoms with Gasteiger partial charge in [-0.05, 0) is 42.8 Å². The van der Waals surface area contributed by atoms with Crippen LogP contribution in [0.1, 0.15) is 12.8 Å². The van der Waals surface area contributed by atoms with Gasteiger partial charge in [0.05, 0.1) is 17.4 Å². The zero-order valence-corrected chi connectivity index (χ0v) is 18.1. The summed E-state index contributed by atoms with van der Waals surface area (Å²) in [6.07, 6.45) is 0.723. The average molecular weight is 458 g/mol. The highest BCUT2D eigenvalue weighted by Gasteiger charge is 2.36. The van der Waals surface area contributed by atoms with Crippen LogP contribution in [0.15, 0.2) is 42.5 Å². The van der Waals surface area contributed by atoms with E-state index in [0.717, 1.165) is 0 Å². The number of sulfonamides is 1. The van der Waals surface area contributed by atoms with Crippen LogP contribution in [0.2, 0.25) is 0 Å². The minimum absolute atomic E-state index is 0.115. The van der Waals surface area contributed by atoms with Crippen LogP contribution in [0.3, 0.4) is 0 Å². The lowest BCUT2D eigenvalue weighted by atomic mass is 10.1. The predicted octanol–water partition coefficient (Wildman–Crippen LogP) is 1.99. The van der Waals surface area contributed by atoms with Gasteiger partial charge >= 0.3 is 0 Å². The van der Waals surface area contributed by atoms with E-state index < -0.39 is 15.9 Å². The quantitative estimate of drug-likeness (QED) is 0.753.